The van der Waals surface area contributed by atoms with Gasteiger partial charge in [-0.2, -0.15) is 0 Å². The normalized spacial score (nSPS) is 14.8. The Morgan fingerprint density at radius 2 is 1.75 bits per heavy atom. The van der Waals surface area contributed by atoms with Gasteiger partial charge in [0.05, 0.1) is 0 Å². The molecule has 2 heterocycles. The number of piperazine rings is 1. The molecule has 5 heteroatoms. The molecule has 1 aliphatic heterocycles. The monoisotopic (exact) mass is 435 g/mol. The first-order valence-corrected chi connectivity index (χ1v) is 9.27. The number of carbonyl (C=O) groups is 1. The van der Waals surface area contributed by atoms with Gasteiger partial charge >= 0.3 is 0 Å². The summed E-state index contributed by atoms with van der Waals surface area (Å²) in [4.78, 5) is 21.6. The average molecular weight is 435 g/mol. The number of pyridine rings is 1. The van der Waals surface area contributed by atoms with E-state index in [9.17, 15) is 4.79 Å². The molecule has 24 heavy (non-hydrogen) atoms. The first-order valence-electron chi connectivity index (χ1n) is 8.19. The molecule has 1 aromatic carbocycles. The van der Waals surface area contributed by atoms with Gasteiger partial charge in [-0.25, -0.2) is 4.98 Å². The van der Waals surface area contributed by atoms with Crippen LogP contribution in [-0.2, 0) is 0 Å². The van der Waals surface area contributed by atoms with Gasteiger partial charge in [-0.3, -0.25) is 4.79 Å². The molecule has 3 rings (SSSR count). The molecule has 126 valence electrons. The van der Waals surface area contributed by atoms with Crippen LogP contribution in [0.1, 0.15) is 27.0 Å². The van der Waals surface area contributed by atoms with Crippen molar-refractivity contribution in [3.63, 3.8) is 0 Å². The van der Waals surface area contributed by atoms with Gasteiger partial charge in [-0.05, 0) is 78.3 Å². The predicted octanol–water partition coefficient (Wildman–Crippen LogP) is 3.57. The van der Waals surface area contributed by atoms with Crippen molar-refractivity contribution in [2.24, 2.45) is 0 Å². The Kier molecular flexibility index (Phi) is 5.08. The summed E-state index contributed by atoms with van der Waals surface area (Å²) in [5, 5.41) is 0. The summed E-state index contributed by atoms with van der Waals surface area (Å²) in [6, 6.07) is 8.16. The number of halogens is 1. The van der Waals surface area contributed by atoms with E-state index in [0.29, 0.717) is 0 Å². The number of hydrogen-bond acceptors (Lipinski definition) is 3. The van der Waals surface area contributed by atoms with Crippen LogP contribution >= 0.6 is 22.6 Å². The minimum Gasteiger partial charge on any atom is -0.353 e. The lowest BCUT2D eigenvalue weighted by Crippen LogP contribution is -2.49. The molecule has 4 nitrogen and oxygen atoms in total. The first kappa shape index (κ1) is 17.2. The highest BCUT2D eigenvalue weighted by atomic mass is 127. The molecule has 1 aliphatic rings. The lowest BCUT2D eigenvalue weighted by Gasteiger charge is -2.36. The fourth-order valence-electron chi connectivity index (χ4n) is 3.20. The topological polar surface area (TPSA) is 36.4 Å². The van der Waals surface area contributed by atoms with Gasteiger partial charge < -0.3 is 9.80 Å². The Balaban J connectivity index is 1.69. The van der Waals surface area contributed by atoms with Crippen LogP contribution in [0.15, 0.2) is 30.5 Å². The summed E-state index contributed by atoms with van der Waals surface area (Å²) in [6.07, 6.45) is 1.91. The van der Waals surface area contributed by atoms with E-state index in [0.717, 1.165) is 46.7 Å². The van der Waals surface area contributed by atoms with Crippen LogP contribution in [0.3, 0.4) is 0 Å². The minimum absolute atomic E-state index is 0.136. The number of rotatable bonds is 2. The number of aryl methyl sites for hydroxylation is 3. The lowest BCUT2D eigenvalue weighted by molar-refractivity contribution is 0.0746. The Morgan fingerprint density at radius 1 is 1.04 bits per heavy atom. The Bertz CT molecular complexity index is 767. The van der Waals surface area contributed by atoms with E-state index in [1.165, 1.54) is 11.1 Å². The van der Waals surface area contributed by atoms with Crippen molar-refractivity contribution in [2.75, 3.05) is 31.1 Å². The second-order valence-corrected chi connectivity index (χ2v) is 7.64. The highest BCUT2D eigenvalue weighted by molar-refractivity contribution is 14.1. The largest absolute Gasteiger partial charge is 0.353 e. The molecule has 1 saturated heterocycles. The van der Waals surface area contributed by atoms with Crippen molar-refractivity contribution < 1.29 is 4.79 Å². The molecule has 0 radical (unpaired) electrons. The Hall–Kier alpha value is -1.63. The van der Waals surface area contributed by atoms with E-state index in [-0.39, 0.29) is 5.91 Å². The number of hydrogen-bond donors (Lipinski definition) is 0. The summed E-state index contributed by atoms with van der Waals surface area (Å²) in [5.74, 6) is 1.18. The summed E-state index contributed by atoms with van der Waals surface area (Å²) in [5.41, 5.74) is 4.24. The minimum atomic E-state index is 0.136. The van der Waals surface area contributed by atoms with Gasteiger partial charge in [0.2, 0.25) is 0 Å². The van der Waals surface area contributed by atoms with E-state index >= 15 is 0 Å². The summed E-state index contributed by atoms with van der Waals surface area (Å²) >= 11 is 2.28. The molecular formula is C19H22IN3O. The Morgan fingerprint density at radius 3 is 2.38 bits per heavy atom. The standard InChI is InChI=1S/C19H22IN3O/c1-13-10-15(3)18(21-12-13)22-6-8-23(9-7-22)19(24)17-5-4-16(20)11-14(17)2/h4-5,10-12H,6-9H2,1-3H3. The molecule has 0 saturated carbocycles. The van der Waals surface area contributed by atoms with Crippen LogP contribution in [0.2, 0.25) is 0 Å². The van der Waals surface area contributed by atoms with Crippen molar-refractivity contribution in [3.05, 3.63) is 56.3 Å². The van der Waals surface area contributed by atoms with Crippen molar-refractivity contribution in [2.45, 2.75) is 20.8 Å². The highest BCUT2D eigenvalue weighted by Gasteiger charge is 2.24. The summed E-state index contributed by atoms with van der Waals surface area (Å²) in [6.45, 7) is 9.29. The smallest absolute Gasteiger partial charge is 0.254 e. The van der Waals surface area contributed by atoms with Gasteiger partial charge in [0.25, 0.3) is 5.91 Å². The Labute approximate surface area is 157 Å². The maximum Gasteiger partial charge on any atom is 0.254 e. The van der Waals surface area contributed by atoms with Crippen LogP contribution in [0, 0.1) is 24.3 Å². The van der Waals surface area contributed by atoms with E-state index in [4.69, 9.17) is 0 Å². The molecule has 1 fully saturated rings. The SMILES string of the molecule is Cc1cnc(N2CCN(C(=O)c3ccc(I)cc3C)CC2)c(C)c1. The van der Waals surface area contributed by atoms with Gasteiger partial charge in [0.1, 0.15) is 5.82 Å². The number of carbonyl (C=O) groups excluding carboxylic acids is 1. The third kappa shape index (κ3) is 3.55. The van der Waals surface area contributed by atoms with Crippen molar-refractivity contribution in [3.8, 4) is 0 Å². The molecule has 1 aromatic heterocycles. The fourth-order valence-corrected chi connectivity index (χ4v) is 3.84. The molecule has 0 unspecified atom stereocenters. The van der Waals surface area contributed by atoms with E-state index in [2.05, 4.69) is 58.5 Å². The number of benzene rings is 1. The summed E-state index contributed by atoms with van der Waals surface area (Å²) < 4.78 is 1.16. The molecule has 0 spiro atoms. The van der Waals surface area contributed by atoms with Crippen molar-refractivity contribution in [1.29, 1.82) is 0 Å². The van der Waals surface area contributed by atoms with Gasteiger partial charge in [0.15, 0.2) is 0 Å². The van der Waals surface area contributed by atoms with Gasteiger partial charge in [0, 0.05) is 41.5 Å². The zero-order chi connectivity index (χ0) is 17.3. The molecule has 0 N–H and O–H groups in total. The van der Waals surface area contributed by atoms with Gasteiger partial charge in [-0.1, -0.05) is 6.07 Å². The van der Waals surface area contributed by atoms with E-state index in [1.54, 1.807) is 0 Å². The van der Waals surface area contributed by atoms with Crippen LogP contribution in [0.5, 0.6) is 0 Å². The molecule has 2 aromatic rings. The number of amides is 1. The van der Waals surface area contributed by atoms with Crippen molar-refractivity contribution in [1.82, 2.24) is 9.88 Å². The van der Waals surface area contributed by atoms with Crippen molar-refractivity contribution >= 4 is 34.3 Å². The maximum atomic E-state index is 12.8. The predicted molar refractivity (Wildman–Crippen MR) is 106 cm³/mol. The van der Waals surface area contributed by atoms with Crippen LogP contribution < -0.4 is 4.90 Å². The second-order valence-electron chi connectivity index (χ2n) is 6.39. The van der Waals surface area contributed by atoms with E-state index < -0.39 is 0 Å². The average Bonchev–Trinajstić information content (AvgIpc) is 2.54. The van der Waals surface area contributed by atoms with Gasteiger partial charge in [-0.15, -0.1) is 0 Å². The molecule has 0 aliphatic carbocycles. The molecule has 1 amide bonds. The molecular weight excluding hydrogens is 413 g/mol. The number of anilines is 1. The zero-order valence-electron chi connectivity index (χ0n) is 14.3. The van der Waals surface area contributed by atoms with E-state index in [1.807, 2.05) is 30.2 Å². The second kappa shape index (κ2) is 7.09. The summed E-state index contributed by atoms with van der Waals surface area (Å²) in [7, 11) is 0. The van der Waals surface area contributed by atoms with Crippen LogP contribution in [0.25, 0.3) is 0 Å². The number of aromatic nitrogens is 1. The number of nitrogens with zero attached hydrogens (tertiary/aromatic N) is 3. The highest BCUT2D eigenvalue weighted by Crippen LogP contribution is 2.21. The third-order valence-corrected chi connectivity index (χ3v) is 5.14. The molecule has 0 atom stereocenters. The quantitative estimate of drug-likeness (QED) is 0.677. The van der Waals surface area contributed by atoms with Crippen LogP contribution in [0.4, 0.5) is 5.82 Å². The van der Waals surface area contributed by atoms with Crippen LogP contribution in [-0.4, -0.2) is 42.0 Å². The lowest BCUT2D eigenvalue weighted by atomic mass is 10.1. The first-order chi connectivity index (χ1) is 11.5. The molecule has 0 bridgehead atoms. The zero-order valence-corrected chi connectivity index (χ0v) is 16.5. The fraction of sp³-hybridized carbons (Fsp3) is 0.368. The third-order valence-electron chi connectivity index (χ3n) is 4.47. The maximum absolute atomic E-state index is 12.8.